The third kappa shape index (κ3) is 6.59. The van der Waals surface area contributed by atoms with Crippen molar-refractivity contribution in [2.45, 2.75) is 33.8 Å². The van der Waals surface area contributed by atoms with Gasteiger partial charge in [-0.3, -0.25) is 14.9 Å². The van der Waals surface area contributed by atoms with Crippen molar-refractivity contribution < 1.29 is 28.6 Å². The van der Waals surface area contributed by atoms with Crippen molar-refractivity contribution >= 4 is 41.2 Å². The second-order valence-electron chi connectivity index (χ2n) is 8.84. The van der Waals surface area contributed by atoms with Crippen LogP contribution in [0.4, 0.5) is 10.5 Å². The molecule has 0 aliphatic carbocycles. The summed E-state index contributed by atoms with van der Waals surface area (Å²) in [5, 5.41) is 2.47. The Balaban J connectivity index is 1.61. The van der Waals surface area contributed by atoms with Gasteiger partial charge in [0.2, 0.25) is 0 Å². The van der Waals surface area contributed by atoms with Gasteiger partial charge in [0.25, 0.3) is 11.8 Å². The summed E-state index contributed by atoms with van der Waals surface area (Å²) in [6, 6.07) is 16.8. The zero-order valence-electron chi connectivity index (χ0n) is 22.0. The first-order valence-electron chi connectivity index (χ1n) is 12.6. The van der Waals surface area contributed by atoms with Gasteiger partial charge in [0, 0.05) is 0 Å². The molecule has 3 aromatic rings. The van der Waals surface area contributed by atoms with E-state index in [1.807, 2.05) is 45.0 Å². The topological polar surface area (TPSA) is 94.2 Å². The van der Waals surface area contributed by atoms with Crippen LogP contribution < -0.4 is 24.4 Å². The first kappa shape index (κ1) is 27.7. The second-order valence-corrected chi connectivity index (χ2v) is 9.24. The van der Waals surface area contributed by atoms with E-state index in [1.54, 1.807) is 36.4 Å². The Morgan fingerprint density at radius 3 is 2.31 bits per heavy atom. The van der Waals surface area contributed by atoms with Crippen molar-refractivity contribution in [3.63, 3.8) is 0 Å². The Labute approximate surface area is 232 Å². The van der Waals surface area contributed by atoms with Crippen LogP contribution in [0, 0.1) is 6.92 Å². The summed E-state index contributed by atoms with van der Waals surface area (Å²) in [6.45, 7) is 6.99. The Hall–Kier alpha value is -4.30. The first-order valence-corrected chi connectivity index (χ1v) is 13.0. The van der Waals surface area contributed by atoms with Crippen LogP contribution in [0.5, 0.6) is 17.2 Å². The van der Waals surface area contributed by atoms with Gasteiger partial charge in [-0.05, 0) is 73.9 Å². The number of carbonyl (C=O) groups is 3. The van der Waals surface area contributed by atoms with E-state index in [9.17, 15) is 14.4 Å². The molecule has 9 heteroatoms. The van der Waals surface area contributed by atoms with Crippen molar-refractivity contribution in [3.8, 4) is 17.2 Å². The Morgan fingerprint density at radius 2 is 1.64 bits per heavy atom. The van der Waals surface area contributed by atoms with Crippen molar-refractivity contribution in [2.75, 3.05) is 18.1 Å². The standard InChI is InChI=1S/C30H29ClN2O6/c1-4-14-38-23-12-10-22(11-13-23)33-29(35)24(28(34)32-30(33)36)15-21-16-25(31)27(26(17-21)37-5-2)39-18-20-8-6-19(3)7-9-20/h6-13,15-17H,4-5,14,18H2,1-3H3,(H,32,34,36)/b24-15-. The number of amides is 4. The van der Waals surface area contributed by atoms with Crippen molar-refractivity contribution in [1.29, 1.82) is 0 Å². The monoisotopic (exact) mass is 548 g/mol. The van der Waals surface area contributed by atoms with Crippen LogP contribution >= 0.6 is 11.6 Å². The number of nitrogens with zero attached hydrogens (tertiary/aromatic N) is 1. The van der Waals surface area contributed by atoms with Gasteiger partial charge in [0.15, 0.2) is 11.5 Å². The number of carbonyl (C=O) groups excluding carboxylic acids is 3. The smallest absolute Gasteiger partial charge is 0.335 e. The Morgan fingerprint density at radius 1 is 0.923 bits per heavy atom. The number of rotatable bonds is 10. The molecule has 0 atom stereocenters. The summed E-state index contributed by atoms with van der Waals surface area (Å²) < 4.78 is 17.3. The van der Waals surface area contributed by atoms with E-state index >= 15 is 0 Å². The SMILES string of the molecule is CCCOc1ccc(N2C(=O)NC(=O)/C(=C/c3cc(Cl)c(OCc4ccc(C)cc4)c(OCC)c3)C2=O)cc1. The van der Waals surface area contributed by atoms with E-state index in [-0.39, 0.29) is 17.2 Å². The average Bonchev–Trinajstić information content (AvgIpc) is 2.91. The molecule has 4 rings (SSSR count). The molecule has 0 bridgehead atoms. The lowest BCUT2D eigenvalue weighted by molar-refractivity contribution is -0.122. The zero-order chi connectivity index (χ0) is 27.9. The first-order chi connectivity index (χ1) is 18.8. The fourth-order valence-corrected chi connectivity index (χ4v) is 4.16. The minimum Gasteiger partial charge on any atom is -0.494 e. The van der Waals surface area contributed by atoms with E-state index in [1.165, 1.54) is 6.08 Å². The molecule has 8 nitrogen and oxygen atoms in total. The van der Waals surface area contributed by atoms with Crippen LogP contribution in [0.25, 0.3) is 6.08 Å². The fourth-order valence-electron chi connectivity index (χ4n) is 3.88. The molecular formula is C30H29ClN2O6. The summed E-state index contributed by atoms with van der Waals surface area (Å²) in [5.41, 5.74) is 2.61. The van der Waals surface area contributed by atoms with E-state index in [2.05, 4.69) is 5.32 Å². The highest BCUT2D eigenvalue weighted by atomic mass is 35.5. The molecule has 1 N–H and O–H groups in total. The zero-order valence-corrected chi connectivity index (χ0v) is 22.7. The summed E-state index contributed by atoms with van der Waals surface area (Å²) in [6.07, 6.45) is 2.22. The molecule has 3 aromatic carbocycles. The van der Waals surface area contributed by atoms with E-state index in [0.717, 1.165) is 22.4 Å². The van der Waals surface area contributed by atoms with Crippen LogP contribution in [0.3, 0.4) is 0 Å². The van der Waals surface area contributed by atoms with Gasteiger partial charge in [-0.15, -0.1) is 0 Å². The molecule has 1 fully saturated rings. The number of urea groups is 1. The summed E-state index contributed by atoms with van der Waals surface area (Å²) in [7, 11) is 0. The number of anilines is 1. The molecular weight excluding hydrogens is 520 g/mol. The normalized spacial score (nSPS) is 14.4. The van der Waals surface area contributed by atoms with E-state index < -0.39 is 17.8 Å². The summed E-state index contributed by atoms with van der Waals surface area (Å²) >= 11 is 6.55. The van der Waals surface area contributed by atoms with Gasteiger partial charge >= 0.3 is 6.03 Å². The van der Waals surface area contributed by atoms with Crippen molar-refractivity contribution in [2.24, 2.45) is 0 Å². The Bertz CT molecular complexity index is 1400. The fraction of sp³-hybridized carbons (Fsp3) is 0.233. The summed E-state index contributed by atoms with van der Waals surface area (Å²) in [5.74, 6) is -0.246. The number of barbiturate groups is 1. The van der Waals surface area contributed by atoms with Gasteiger partial charge in [-0.25, -0.2) is 9.69 Å². The molecule has 1 saturated heterocycles. The largest absolute Gasteiger partial charge is 0.494 e. The highest BCUT2D eigenvalue weighted by molar-refractivity contribution is 6.39. The van der Waals surface area contributed by atoms with Crippen LogP contribution in [-0.2, 0) is 16.2 Å². The number of benzene rings is 3. The highest BCUT2D eigenvalue weighted by Gasteiger charge is 2.37. The van der Waals surface area contributed by atoms with Crippen molar-refractivity contribution in [1.82, 2.24) is 5.32 Å². The maximum atomic E-state index is 13.3. The third-order valence-electron chi connectivity index (χ3n) is 5.82. The number of hydrogen-bond acceptors (Lipinski definition) is 6. The number of nitrogens with one attached hydrogen (secondary N) is 1. The molecule has 1 aliphatic heterocycles. The van der Waals surface area contributed by atoms with Gasteiger partial charge in [0.05, 0.1) is 23.9 Å². The lowest BCUT2D eigenvalue weighted by Gasteiger charge is -2.26. The van der Waals surface area contributed by atoms with Crippen LogP contribution in [-0.4, -0.2) is 31.1 Å². The quantitative estimate of drug-likeness (QED) is 0.244. The minimum absolute atomic E-state index is 0.229. The minimum atomic E-state index is -0.836. The van der Waals surface area contributed by atoms with E-state index in [4.69, 9.17) is 25.8 Å². The number of hydrogen-bond donors (Lipinski definition) is 1. The van der Waals surface area contributed by atoms with Gasteiger partial charge in [-0.1, -0.05) is 48.4 Å². The molecule has 4 amide bonds. The van der Waals surface area contributed by atoms with Crippen molar-refractivity contribution in [3.05, 3.63) is 87.9 Å². The number of imide groups is 2. The van der Waals surface area contributed by atoms with Gasteiger partial charge < -0.3 is 14.2 Å². The van der Waals surface area contributed by atoms with Gasteiger partial charge in [-0.2, -0.15) is 0 Å². The van der Waals surface area contributed by atoms with Gasteiger partial charge in [0.1, 0.15) is 17.9 Å². The van der Waals surface area contributed by atoms with Crippen LogP contribution in [0.2, 0.25) is 5.02 Å². The molecule has 39 heavy (non-hydrogen) atoms. The van der Waals surface area contributed by atoms with Crippen LogP contribution in [0.1, 0.15) is 37.0 Å². The second kappa shape index (κ2) is 12.5. The maximum absolute atomic E-state index is 13.3. The molecule has 0 aromatic heterocycles. The average molecular weight is 549 g/mol. The van der Waals surface area contributed by atoms with E-state index in [0.29, 0.717) is 41.7 Å². The Kier molecular flexibility index (Phi) is 8.88. The molecule has 0 spiro atoms. The molecule has 202 valence electrons. The molecule has 0 radical (unpaired) electrons. The predicted molar refractivity (Wildman–Crippen MR) is 149 cm³/mol. The number of ether oxygens (including phenoxy) is 3. The predicted octanol–water partition coefficient (Wildman–Crippen LogP) is 6.08. The number of halogens is 1. The summed E-state index contributed by atoms with van der Waals surface area (Å²) in [4.78, 5) is 39.4. The lowest BCUT2D eigenvalue weighted by atomic mass is 10.1. The third-order valence-corrected chi connectivity index (χ3v) is 6.10. The highest BCUT2D eigenvalue weighted by Crippen LogP contribution is 2.38. The number of aryl methyl sites for hydroxylation is 1. The lowest BCUT2D eigenvalue weighted by Crippen LogP contribution is -2.54. The maximum Gasteiger partial charge on any atom is 0.335 e. The molecule has 1 heterocycles. The molecule has 0 unspecified atom stereocenters. The molecule has 0 saturated carbocycles. The van der Waals surface area contributed by atoms with Crippen LogP contribution in [0.15, 0.2) is 66.2 Å². The molecule has 1 aliphatic rings.